The van der Waals surface area contributed by atoms with E-state index in [4.69, 9.17) is 0 Å². The Balaban J connectivity index is 1.93. The van der Waals surface area contributed by atoms with Crippen molar-refractivity contribution in [2.75, 3.05) is 0 Å². The lowest BCUT2D eigenvalue weighted by Gasteiger charge is -2.46. The first kappa shape index (κ1) is 13.5. The second-order valence-electron chi connectivity index (χ2n) is 5.71. The highest BCUT2D eigenvalue weighted by atomic mass is 32.1. The van der Waals surface area contributed by atoms with E-state index >= 15 is 0 Å². The molecular weight excluding hydrogens is 274 g/mol. The minimum absolute atomic E-state index is 0.0111. The lowest BCUT2D eigenvalue weighted by atomic mass is 9.87. The van der Waals surface area contributed by atoms with Crippen molar-refractivity contribution in [2.45, 2.75) is 51.2 Å². The largest absolute Gasteiger partial charge is 0.342 e. The predicted octanol–water partition coefficient (Wildman–Crippen LogP) is 1.55. The van der Waals surface area contributed by atoms with Gasteiger partial charge in [-0.2, -0.15) is 0 Å². The van der Waals surface area contributed by atoms with Crippen LogP contribution in [0.4, 0.5) is 0 Å². The SMILES string of the molecule is CCC1NC(=O)C(C)(C2CC2)N(Cc2nccs2)C1=O. The maximum absolute atomic E-state index is 12.7. The first-order chi connectivity index (χ1) is 9.57. The van der Waals surface area contributed by atoms with E-state index in [9.17, 15) is 9.59 Å². The Morgan fingerprint density at radius 2 is 2.25 bits per heavy atom. The molecule has 1 aliphatic carbocycles. The van der Waals surface area contributed by atoms with Crippen molar-refractivity contribution in [3.05, 3.63) is 16.6 Å². The van der Waals surface area contributed by atoms with Gasteiger partial charge in [0.25, 0.3) is 0 Å². The van der Waals surface area contributed by atoms with E-state index in [0.29, 0.717) is 13.0 Å². The van der Waals surface area contributed by atoms with Crippen LogP contribution in [0.5, 0.6) is 0 Å². The molecule has 1 aromatic rings. The summed E-state index contributed by atoms with van der Waals surface area (Å²) in [5, 5.41) is 5.67. The van der Waals surface area contributed by atoms with Gasteiger partial charge in [0.15, 0.2) is 0 Å². The van der Waals surface area contributed by atoms with Gasteiger partial charge in [-0.15, -0.1) is 11.3 Å². The Morgan fingerprint density at radius 3 is 2.80 bits per heavy atom. The minimum Gasteiger partial charge on any atom is -0.342 e. The normalized spacial score (nSPS) is 30.5. The summed E-state index contributed by atoms with van der Waals surface area (Å²) in [5.74, 6) is 0.295. The topological polar surface area (TPSA) is 62.3 Å². The molecule has 2 amide bonds. The molecule has 108 valence electrons. The fraction of sp³-hybridized carbons (Fsp3) is 0.643. The zero-order chi connectivity index (χ0) is 14.3. The summed E-state index contributed by atoms with van der Waals surface area (Å²) in [6.07, 6.45) is 4.39. The second-order valence-corrected chi connectivity index (χ2v) is 6.69. The molecule has 2 unspecified atom stereocenters. The van der Waals surface area contributed by atoms with Crippen molar-refractivity contribution >= 4 is 23.2 Å². The van der Waals surface area contributed by atoms with Gasteiger partial charge < -0.3 is 10.2 Å². The first-order valence-electron chi connectivity index (χ1n) is 7.08. The fourth-order valence-corrected chi connectivity index (χ4v) is 3.55. The third-order valence-electron chi connectivity index (χ3n) is 4.45. The van der Waals surface area contributed by atoms with Crippen LogP contribution >= 0.6 is 11.3 Å². The number of rotatable bonds is 4. The molecule has 1 aliphatic heterocycles. The Bertz CT molecular complexity index is 527. The molecular formula is C14H19N3O2S. The number of aromatic nitrogens is 1. The number of carbonyl (C=O) groups excluding carboxylic acids is 2. The fourth-order valence-electron chi connectivity index (χ4n) is 2.94. The molecule has 1 N–H and O–H groups in total. The molecule has 2 fully saturated rings. The molecule has 3 rings (SSSR count). The molecule has 2 heterocycles. The van der Waals surface area contributed by atoms with Crippen molar-refractivity contribution < 1.29 is 9.59 Å². The smallest absolute Gasteiger partial charge is 0.246 e. The molecule has 6 heteroatoms. The van der Waals surface area contributed by atoms with E-state index in [2.05, 4.69) is 10.3 Å². The van der Waals surface area contributed by atoms with Gasteiger partial charge in [-0.05, 0) is 32.1 Å². The zero-order valence-corrected chi connectivity index (χ0v) is 12.6. The third kappa shape index (κ3) is 2.02. The molecule has 5 nitrogen and oxygen atoms in total. The van der Waals surface area contributed by atoms with E-state index in [-0.39, 0.29) is 17.7 Å². The van der Waals surface area contributed by atoms with Crippen LogP contribution in [-0.4, -0.2) is 33.3 Å². The summed E-state index contributed by atoms with van der Waals surface area (Å²) >= 11 is 1.52. The van der Waals surface area contributed by atoms with Crippen molar-refractivity contribution in [3.8, 4) is 0 Å². The molecule has 2 aliphatic rings. The van der Waals surface area contributed by atoms with E-state index in [1.54, 1.807) is 11.1 Å². The molecule has 0 bridgehead atoms. The lowest BCUT2D eigenvalue weighted by Crippen LogP contribution is -2.69. The van der Waals surface area contributed by atoms with E-state index in [0.717, 1.165) is 17.8 Å². The van der Waals surface area contributed by atoms with Crippen LogP contribution in [0.15, 0.2) is 11.6 Å². The molecule has 2 atom stereocenters. The van der Waals surface area contributed by atoms with Gasteiger partial charge in [0, 0.05) is 11.6 Å². The highest BCUT2D eigenvalue weighted by Crippen LogP contribution is 2.45. The summed E-state index contributed by atoms with van der Waals surface area (Å²) < 4.78 is 0. The maximum atomic E-state index is 12.7. The minimum atomic E-state index is -0.714. The molecule has 0 aromatic carbocycles. The standard InChI is InChI=1S/C14H19N3O2S/c1-3-10-12(18)17(8-11-15-6-7-20-11)14(2,9-4-5-9)13(19)16-10/h6-7,9-10H,3-5,8H2,1-2H3,(H,16,19). The lowest BCUT2D eigenvalue weighted by molar-refractivity contribution is -0.159. The summed E-state index contributed by atoms with van der Waals surface area (Å²) in [6, 6.07) is -0.394. The number of amides is 2. The Kier molecular flexibility index (Phi) is 3.28. The monoisotopic (exact) mass is 293 g/mol. The van der Waals surface area contributed by atoms with Gasteiger partial charge >= 0.3 is 0 Å². The Labute approximate surface area is 122 Å². The summed E-state index contributed by atoms with van der Waals surface area (Å²) in [5.41, 5.74) is -0.714. The predicted molar refractivity (Wildman–Crippen MR) is 76.0 cm³/mol. The average molecular weight is 293 g/mol. The van der Waals surface area contributed by atoms with Crippen molar-refractivity contribution in [2.24, 2.45) is 5.92 Å². The molecule has 1 aromatic heterocycles. The summed E-state index contributed by atoms with van der Waals surface area (Å²) in [4.78, 5) is 31.2. The van der Waals surface area contributed by atoms with Crippen molar-refractivity contribution in [3.63, 3.8) is 0 Å². The number of nitrogens with one attached hydrogen (secondary N) is 1. The molecule has 20 heavy (non-hydrogen) atoms. The number of piperazine rings is 1. The number of carbonyl (C=O) groups is 2. The number of nitrogens with zero attached hydrogens (tertiary/aromatic N) is 2. The highest BCUT2D eigenvalue weighted by molar-refractivity contribution is 7.09. The first-order valence-corrected chi connectivity index (χ1v) is 7.96. The summed E-state index contributed by atoms with van der Waals surface area (Å²) in [6.45, 7) is 4.26. The van der Waals surface area contributed by atoms with Crippen molar-refractivity contribution in [1.82, 2.24) is 15.2 Å². The van der Waals surface area contributed by atoms with Crippen LogP contribution < -0.4 is 5.32 Å². The van der Waals surface area contributed by atoms with Crippen LogP contribution in [-0.2, 0) is 16.1 Å². The quantitative estimate of drug-likeness (QED) is 0.916. The number of thiazole rings is 1. The Morgan fingerprint density at radius 1 is 1.50 bits per heavy atom. The van der Waals surface area contributed by atoms with Gasteiger partial charge in [0.2, 0.25) is 11.8 Å². The van der Waals surface area contributed by atoms with Crippen LogP contribution in [0.3, 0.4) is 0 Å². The number of hydrogen-bond donors (Lipinski definition) is 1. The zero-order valence-electron chi connectivity index (χ0n) is 11.8. The van der Waals surface area contributed by atoms with Crippen LogP contribution in [0.2, 0.25) is 0 Å². The van der Waals surface area contributed by atoms with E-state index in [1.165, 1.54) is 11.3 Å². The van der Waals surface area contributed by atoms with Crippen molar-refractivity contribution in [1.29, 1.82) is 0 Å². The van der Waals surface area contributed by atoms with Crippen LogP contribution in [0, 0.1) is 5.92 Å². The maximum Gasteiger partial charge on any atom is 0.246 e. The summed E-state index contributed by atoms with van der Waals surface area (Å²) in [7, 11) is 0. The van der Waals surface area contributed by atoms with Gasteiger partial charge in [-0.25, -0.2) is 4.98 Å². The van der Waals surface area contributed by atoms with Gasteiger partial charge in [-0.1, -0.05) is 6.92 Å². The van der Waals surface area contributed by atoms with Gasteiger partial charge in [0.05, 0.1) is 6.54 Å². The number of hydrogen-bond acceptors (Lipinski definition) is 4. The average Bonchev–Trinajstić information content (AvgIpc) is 3.17. The highest BCUT2D eigenvalue weighted by Gasteiger charge is 2.56. The molecule has 1 saturated carbocycles. The molecule has 1 saturated heterocycles. The Hall–Kier alpha value is -1.43. The van der Waals surface area contributed by atoms with Crippen LogP contribution in [0.1, 0.15) is 38.1 Å². The second kappa shape index (κ2) is 4.84. The van der Waals surface area contributed by atoms with Gasteiger partial charge in [-0.3, -0.25) is 9.59 Å². The van der Waals surface area contributed by atoms with Crippen LogP contribution in [0.25, 0.3) is 0 Å². The third-order valence-corrected chi connectivity index (χ3v) is 5.21. The van der Waals surface area contributed by atoms with E-state index < -0.39 is 11.6 Å². The molecule has 0 spiro atoms. The van der Waals surface area contributed by atoms with Gasteiger partial charge in [0.1, 0.15) is 16.6 Å². The van der Waals surface area contributed by atoms with E-state index in [1.807, 2.05) is 19.2 Å². The molecule has 0 radical (unpaired) electrons.